The molecule has 1 N–H and O–H groups in total. The lowest BCUT2D eigenvalue weighted by atomic mass is 10.3. The first-order valence-electron chi connectivity index (χ1n) is 5.41. The molecular weight excluding hydrogens is 242 g/mol. The molecule has 0 bridgehead atoms. The summed E-state index contributed by atoms with van der Waals surface area (Å²) in [6.07, 6.45) is 3.11. The van der Waals surface area contributed by atoms with E-state index in [2.05, 4.69) is 9.97 Å². The number of sulfone groups is 1. The summed E-state index contributed by atoms with van der Waals surface area (Å²) in [4.78, 5) is 10.1. The molecule has 0 spiro atoms. The highest BCUT2D eigenvalue weighted by Gasteiger charge is 2.29. The number of hydrogen-bond donors (Lipinski definition) is 1. The minimum absolute atomic E-state index is 0.0930. The lowest BCUT2D eigenvalue weighted by Crippen LogP contribution is -2.47. The smallest absolute Gasteiger partial charge is 0.225 e. The molecule has 1 aromatic heterocycles. The van der Waals surface area contributed by atoms with Crippen LogP contribution in [0.5, 0.6) is 0 Å². The first-order chi connectivity index (χ1) is 8.02. The Morgan fingerprint density at radius 1 is 1.47 bits per heavy atom. The van der Waals surface area contributed by atoms with Gasteiger partial charge in [-0.1, -0.05) is 0 Å². The van der Waals surface area contributed by atoms with Crippen molar-refractivity contribution in [1.29, 1.82) is 0 Å². The first kappa shape index (κ1) is 12.3. The third-order valence-corrected chi connectivity index (χ3v) is 4.60. The van der Waals surface area contributed by atoms with E-state index in [0.717, 1.165) is 0 Å². The summed E-state index contributed by atoms with van der Waals surface area (Å²) < 4.78 is 22.9. The summed E-state index contributed by atoms with van der Waals surface area (Å²) in [5, 5.41) is 8.89. The second kappa shape index (κ2) is 4.58. The van der Waals surface area contributed by atoms with Crippen molar-refractivity contribution in [3.63, 3.8) is 0 Å². The summed E-state index contributed by atoms with van der Waals surface area (Å²) in [5.41, 5.74) is 0.644. The van der Waals surface area contributed by atoms with Gasteiger partial charge in [-0.3, -0.25) is 0 Å². The Kier molecular flexibility index (Phi) is 3.30. The van der Waals surface area contributed by atoms with Gasteiger partial charge < -0.3 is 10.0 Å². The summed E-state index contributed by atoms with van der Waals surface area (Å²) >= 11 is 0. The monoisotopic (exact) mass is 257 g/mol. The highest BCUT2D eigenvalue weighted by molar-refractivity contribution is 7.91. The molecule has 1 aliphatic rings. The van der Waals surface area contributed by atoms with Crippen molar-refractivity contribution in [3.8, 4) is 0 Å². The molecule has 1 fully saturated rings. The van der Waals surface area contributed by atoms with Crippen molar-refractivity contribution >= 4 is 15.8 Å². The van der Waals surface area contributed by atoms with E-state index in [1.807, 2.05) is 11.8 Å². The minimum Gasteiger partial charge on any atom is -0.392 e. The van der Waals surface area contributed by atoms with Gasteiger partial charge in [0.2, 0.25) is 5.95 Å². The Labute approximate surface area is 100 Å². The fourth-order valence-corrected chi connectivity index (χ4v) is 3.43. The first-order valence-corrected chi connectivity index (χ1v) is 7.23. The third-order valence-electron chi connectivity index (χ3n) is 2.80. The van der Waals surface area contributed by atoms with Crippen LogP contribution in [-0.2, 0) is 16.4 Å². The molecule has 1 unspecified atom stereocenters. The van der Waals surface area contributed by atoms with Crippen LogP contribution in [0.25, 0.3) is 0 Å². The molecule has 94 valence electrons. The van der Waals surface area contributed by atoms with Crippen LogP contribution in [-0.4, -0.2) is 47.6 Å². The molecule has 2 heterocycles. The number of hydrogen-bond acceptors (Lipinski definition) is 6. The molecule has 6 nitrogen and oxygen atoms in total. The average molecular weight is 257 g/mol. The van der Waals surface area contributed by atoms with Crippen molar-refractivity contribution in [2.24, 2.45) is 0 Å². The number of anilines is 1. The Hall–Kier alpha value is -1.21. The van der Waals surface area contributed by atoms with E-state index >= 15 is 0 Å². The zero-order chi connectivity index (χ0) is 12.5. The maximum absolute atomic E-state index is 11.4. The highest BCUT2D eigenvalue weighted by atomic mass is 32.2. The summed E-state index contributed by atoms with van der Waals surface area (Å²) in [7, 11) is -2.92. The molecule has 0 amide bonds. The fraction of sp³-hybridized carbons (Fsp3) is 0.600. The summed E-state index contributed by atoms with van der Waals surface area (Å²) in [6, 6.07) is -0.117. The number of aliphatic hydroxyl groups excluding tert-OH is 1. The zero-order valence-corrected chi connectivity index (χ0v) is 10.4. The van der Waals surface area contributed by atoms with Crippen LogP contribution in [0.1, 0.15) is 12.5 Å². The van der Waals surface area contributed by atoms with Crippen molar-refractivity contribution in [2.75, 3.05) is 23.0 Å². The molecule has 2 rings (SSSR count). The van der Waals surface area contributed by atoms with Gasteiger partial charge in [0.05, 0.1) is 18.1 Å². The van der Waals surface area contributed by atoms with E-state index in [0.29, 0.717) is 18.1 Å². The Bertz CT molecular complexity index is 486. The van der Waals surface area contributed by atoms with E-state index in [4.69, 9.17) is 5.11 Å². The van der Waals surface area contributed by atoms with E-state index in [9.17, 15) is 8.42 Å². The molecule has 17 heavy (non-hydrogen) atoms. The van der Waals surface area contributed by atoms with Crippen LogP contribution in [0.4, 0.5) is 5.95 Å². The van der Waals surface area contributed by atoms with Crippen LogP contribution in [0.3, 0.4) is 0 Å². The SMILES string of the molecule is CC1CS(=O)(=O)CCN1c1ncc(CO)cn1. The molecule has 0 aliphatic carbocycles. The van der Waals surface area contributed by atoms with Gasteiger partial charge in [-0.25, -0.2) is 18.4 Å². The molecule has 0 aromatic carbocycles. The van der Waals surface area contributed by atoms with Crippen LogP contribution in [0.15, 0.2) is 12.4 Å². The van der Waals surface area contributed by atoms with Gasteiger partial charge in [0.1, 0.15) is 0 Å². The normalized spacial score (nSPS) is 23.6. The second-order valence-corrected chi connectivity index (χ2v) is 6.43. The summed E-state index contributed by atoms with van der Waals surface area (Å²) in [6.45, 7) is 2.17. The fourth-order valence-electron chi connectivity index (χ4n) is 1.87. The van der Waals surface area contributed by atoms with Gasteiger partial charge in [0.15, 0.2) is 9.84 Å². The average Bonchev–Trinajstić information content (AvgIpc) is 2.28. The number of aromatic nitrogens is 2. The molecule has 0 saturated carbocycles. The van der Waals surface area contributed by atoms with Crippen molar-refractivity contribution in [1.82, 2.24) is 9.97 Å². The molecule has 1 aliphatic heterocycles. The molecule has 1 aromatic rings. The van der Waals surface area contributed by atoms with Crippen LogP contribution >= 0.6 is 0 Å². The van der Waals surface area contributed by atoms with E-state index in [1.165, 1.54) is 0 Å². The molecule has 7 heteroatoms. The molecular formula is C10H15N3O3S. The van der Waals surface area contributed by atoms with Crippen molar-refractivity contribution in [3.05, 3.63) is 18.0 Å². The van der Waals surface area contributed by atoms with Gasteiger partial charge in [-0.2, -0.15) is 0 Å². The van der Waals surface area contributed by atoms with Crippen molar-refractivity contribution in [2.45, 2.75) is 19.6 Å². The predicted octanol–water partition coefficient (Wildman–Crippen LogP) is -0.408. The maximum atomic E-state index is 11.4. The number of rotatable bonds is 2. The summed E-state index contributed by atoms with van der Waals surface area (Å²) in [5.74, 6) is 0.796. The third kappa shape index (κ3) is 2.73. The van der Waals surface area contributed by atoms with Gasteiger partial charge in [0.25, 0.3) is 0 Å². The zero-order valence-electron chi connectivity index (χ0n) is 9.57. The standard InChI is InChI=1S/C10H15N3O3S/c1-8-7-17(15,16)3-2-13(8)10-11-4-9(6-14)5-12-10/h4-5,8,14H,2-3,6-7H2,1H3. The van der Waals surface area contributed by atoms with Crippen LogP contribution in [0, 0.1) is 0 Å². The van der Waals surface area contributed by atoms with E-state index < -0.39 is 9.84 Å². The van der Waals surface area contributed by atoms with E-state index in [-0.39, 0.29) is 24.2 Å². The van der Waals surface area contributed by atoms with Crippen LogP contribution < -0.4 is 4.90 Å². The van der Waals surface area contributed by atoms with Gasteiger partial charge in [-0.15, -0.1) is 0 Å². The maximum Gasteiger partial charge on any atom is 0.225 e. The molecule has 1 saturated heterocycles. The lowest BCUT2D eigenvalue weighted by molar-refractivity contribution is 0.281. The topological polar surface area (TPSA) is 83.4 Å². The van der Waals surface area contributed by atoms with Crippen molar-refractivity contribution < 1.29 is 13.5 Å². The van der Waals surface area contributed by atoms with E-state index in [1.54, 1.807) is 12.4 Å². The molecule has 1 atom stereocenters. The van der Waals surface area contributed by atoms with Gasteiger partial charge in [-0.05, 0) is 6.92 Å². The van der Waals surface area contributed by atoms with Gasteiger partial charge >= 0.3 is 0 Å². The largest absolute Gasteiger partial charge is 0.392 e. The Morgan fingerprint density at radius 3 is 2.65 bits per heavy atom. The number of nitrogens with zero attached hydrogens (tertiary/aromatic N) is 3. The van der Waals surface area contributed by atoms with Crippen LogP contribution in [0.2, 0.25) is 0 Å². The second-order valence-electron chi connectivity index (χ2n) is 4.21. The predicted molar refractivity (Wildman–Crippen MR) is 63.4 cm³/mol. The van der Waals surface area contributed by atoms with Gasteiger partial charge in [0, 0.05) is 30.5 Å². The number of aliphatic hydroxyl groups is 1. The Balaban J connectivity index is 2.17. The lowest BCUT2D eigenvalue weighted by Gasteiger charge is -2.33. The quantitative estimate of drug-likeness (QED) is 0.775. The molecule has 0 radical (unpaired) electrons. The minimum atomic E-state index is -2.92. The highest BCUT2D eigenvalue weighted by Crippen LogP contribution is 2.17. The Morgan fingerprint density at radius 2 is 2.12 bits per heavy atom.